The number of benzene rings is 1. The Balaban J connectivity index is 0.00000155. The number of likely N-dealkylation sites (N-methyl/N-ethyl adjacent to an activating group) is 1. The number of nitrogens with zero attached hydrogens (tertiary/aromatic N) is 2. The second kappa shape index (κ2) is 11.1. The molecule has 2 aromatic heterocycles. The molecule has 30 heavy (non-hydrogen) atoms. The maximum atomic E-state index is 11.8. The van der Waals surface area contributed by atoms with Gasteiger partial charge in [-0.3, -0.25) is 9.78 Å². The first-order chi connectivity index (χ1) is 14.5. The first-order valence-electron chi connectivity index (χ1n) is 10.0. The van der Waals surface area contributed by atoms with Crippen molar-refractivity contribution < 1.29 is 19.2 Å². The number of carbonyl (C=O) groups is 1. The first kappa shape index (κ1) is 23.1. The van der Waals surface area contributed by atoms with E-state index >= 15 is 0 Å². The van der Waals surface area contributed by atoms with Gasteiger partial charge in [0.05, 0.1) is 5.69 Å². The third kappa shape index (κ3) is 5.67. The summed E-state index contributed by atoms with van der Waals surface area (Å²) in [6.07, 6.45) is 2.38. The Kier molecular flexibility index (Phi) is 8.55. The Labute approximate surface area is 177 Å². The molecular weight excluding hydrogens is 382 g/mol. The van der Waals surface area contributed by atoms with E-state index in [1.165, 1.54) is 0 Å². The summed E-state index contributed by atoms with van der Waals surface area (Å²) in [5.74, 6) is 0.932. The quantitative estimate of drug-likeness (QED) is 0.610. The monoisotopic (exact) mass is 411 g/mol. The number of pyridine rings is 1. The van der Waals surface area contributed by atoms with E-state index in [1.807, 2.05) is 46.8 Å². The number of hydrogen-bond acceptors (Lipinski definition) is 6. The Morgan fingerprint density at radius 3 is 2.60 bits per heavy atom. The van der Waals surface area contributed by atoms with E-state index in [2.05, 4.69) is 15.5 Å². The molecule has 160 valence electrons. The molecule has 0 saturated heterocycles. The molecule has 0 spiro atoms. The minimum atomic E-state index is -0.888. The molecule has 7 heteroatoms. The average Bonchev–Trinajstić information content (AvgIpc) is 3.11. The van der Waals surface area contributed by atoms with Gasteiger partial charge in [0, 0.05) is 30.1 Å². The second-order valence-electron chi connectivity index (χ2n) is 6.42. The van der Waals surface area contributed by atoms with Crippen molar-refractivity contribution in [2.75, 3.05) is 13.2 Å². The molecule has 0 saturated carbocycles. The normalized spacial score (nSPS) is 11.3. The van der Waals surface area contributed by atoms with Crippen molar-refractivity contribution >= 4 is 5.91 Å². The Morgan fingerprint density at radius 2 is 2.00 bits per heavy atom. The van der Waals surface area contributed by atoms with Crippen molar-refractivity contribution in [2.45, 2.75) is 40.7 Å². The van der Waals surface area contributed by atoms with E-state index in [0.29, 0.717) is 29.2 Å². The third-order valence-electron chi connectivity index (χ3n) is 4.31. The van der Waals surface area contributed by atoms with Crippen molar-refractivity contribution in [3.8, 4) is 16.9 Å². The molecule has 0 radical (unpaired) electrons. The standard InChI is InChI=1S/C21H23N3O4.C2H6/c1-4-23-19(25)12-27-18-9-16(20-13(2)24-28-14(20)3)8-17(10-18)21(26)15-6-5-7-22-11-15;1-2/h5-11,21,26H,4,12H2,1-3H3,(H,23,25);1-2H3. The molecule has 1 aromatic carbocycles. The number of aliphatic hydroxyl groups is 1. The molecular formula is C23H29N3O4. The van der Waals surface area contributed by atoms with Gasteiger partial charge in [-0.2, -0.15) is 0 Å². The molecule has 7 nitrogen and oxygen atoms in total. The highest BCUT2D eigenvalue weighted by Crippen LogP contribution is 2.34. The highest BCUT2D eigenvalue weighted by atomic mass is 16.5. The van der Waals surface area contributed by atoms with Crippen LogP contribution in [0, 0.1) is 13.8 Å². The van der Waals surface area contributed by atoms with Crippen molar-refractivity contribution in [2.24, 2.45) is 0 Å². The smallest absolute Gasteiger partial charge is 0.257 e. The summed E-state index contributed by atoms with van der Waals surface area (Å²) in [7, 11) is 0. The molecule has 1 amide bonds. The lowest BCUT2D eigenvalue weighted by Crippen LogP contribution is -2.28. The van der Waals surface area contributed by atoms with Crippen LogP contribution < -0.4 is 10.1 Å². The van der Waals surface area contributed by atoms with Crippen molar-refractivity contribution in [3.63, 3.8) is 0 Å². The van der Waals surface area contributed by atoms with Gasteiger partial charge in [0.1, 0.15) is 17.6 Å². The maximum Gasteiger partial charge on any atom is 0.257 e. The van der Waals surface area contributed by atoms with Crippen LogP contribution in [0.1, 0.15) is 49.5 Å². The lowest BCUT2D eigenvalue weighted by Gasteiger charge is -2.15. The lowest BCUT2D eigenvalue weighted by atomic mass is 9.96. The summed E-state index contributed by atoms with van der Waals surface area (Å²) in [5.41, 5.74) is 3.65. The molecule has 2 N–H and O–H groups in total. The second-order valence-corrected chi connectivity index (χ2v) is 6.42. The first-order valence-corrected chi connectivity index (χ1v) is 10.0. The number of rotatable bonds is 7. The number of nitrogens with one attached hydrogen (secondary N) is 1. The molecule has 0 bridgehead atoms. The van der Waals surface area contributed by atoms with E-state index in [0.717, 1.165) is 16.8 Å². The van der Waals surface area contributed by atoms with Crippen molar-refractivity contribution in [1.29, 1.82) is 0 Å². The molecule has 2 heterocycles. The van der Waals surface area contributed by atoms with Gasteiger partial charge in [-0.1, -0.05) is 25.1 Å². The Hall–Kier alpha value is -3.19. The van der Waals surface area contributed by atoms with E-state index < -0.39 is 6.10 Å². The van der Waals surface area contributed by atoms with Gasteiger partial charge in [0.2, 0.25) is 0 Å². The lowest BCUT2D eigenvalue weighted by molar-refractivity contribution is -0.122. The van der Waals surface area contributed by atoms with Gasteiger partial charge >= 0.3 is 0 Å². The van der Waals surface area contributed by atoms with Crippen LogP contribution in [0.5, 0.6) is 5.75 Å². The zero-order chi connectivity index (χ0) is 22.1. The number of carbonyl (C=O) groups excluding carboxylic acids is 1. The van der Waals surface area contributed by atoms with E-state index in [4.69, 9.17) is 9.26 Å². The van der Waals surface area contributed by atoms with Gasteiger partial charge in [-0.05, 0) is 56.2 Å². The van der Waals surface area contributed by atoms with Crippen LogP contribution in [0.15, 0.2) is 47.2 Å². The van der Waals surface area contributed by atoms with Crippen LogP contribution in [0.25, 0.3) is 11.1 Å². The summed E-state index contributed by atoms with van der Waals surface area (Å²) in [6.45, 7) is 9.95. The van der Waals surface area contributed by atoms with Gasteiger partial charge in [0.25, 0.3) is 5.91 Å². The van der Waals surface area contributed by atoms with Gasteiger partial charge in [-0.25, -0.2) is 0 Å². The van der Waals surface area contributed by atoms with E-state index in [9.17, 15) is 9.90 Å². The van der Waals surface area contributed by atoms with Crippen LogP contribution in [-0.4, -0.2) is 34.3 Å². The predicted molar refractivity (Wildman–Crippen MR) is 115 cm³/mol. The largest absolute Gasteiger partial charge is 0.484 e. The van der Waals surface area contributed by atoms with Crippen molar-refractivity contribution in [3.05, 3.63) is 65.3 Å². The van der Waals surface area contributed by atoms with Gasteiger partial charge in [0.15, 0.2) is 6.61 Å². The molecule has 0 aliphatic carbocycles. The van der Waals surface area contributed by atoms with Crippen LogP contribution in [0.4, 0.5) is 0 Å². The SMILES string of the molecule is CC.CCNC(=O)COc1cc(-c2c(C)noc2C)cc(C(O)c2cccnc2)c1. The fraction of sp³-hybridized carbons (Fsp3) is 0.348. The molecule has 1 atom stereocenters. The van der Waals surface area contributed by atoms with Crippen LogP contribution in [0.2, 0.25) is 0 Å². The van der Waals surface area contributed by atoms with Crippen LogP contribution >= 0.6 is 0 Å². The zero-order valence-electron chi connectivity index (χ0n) is 18.1. The van der Waals surface area contributed by atoms with E-state index in [1.54, 1.807) is 30.6 Å². The Morgan fingerprint density at radius 1 is 1.23 bits per heavy atom. The van der Waals surface area contributed by atoms with Crippen molar-refractivity contribution in [1.82, 2.24) is 15.5 Å². The summed E-state index contributed by atoms with van der Waals surface area (Å²) < 4.78 is 11.0. The maximum absolute atomic E-state index is 11.8. The highest BCUT2D eigenvalue weighted by molar-refractivity contribution is 5.77. The van der Waals surface area contributed by atoms with Crippen LogP contribution in [-0.2, 0) is 4.79 Å². The minimum Gasteiger partial charge on any atom is -0.484 e. The molecule has 3 rings (SSSR count). The number of hydrogen-bond donors (Lipinski definition) is 2. The number of aryl methyl sites for hydroxylation is 2. The number of aromatic nitrogens is 2. The molecule has 0 aliphatic heterocycles. The van der Waals surface area contributed by atoms with Crippen LogP contribution in [0.3, 0.4) is 0 Å². The number of amides is 1. The summed E-state index contributed by atoms with van der Waals surface area (Å²) in [4.78, 5) is 15.8. The fourth-order valence-corrected chi connectivity index (χ4v) is 3.03. The topological polar surface area (TPSA) is 97.5 Å². The van der Waals surface area contributed by atoms with Gasteiger partial charge in [-0.15, -0.1) is 0 Å². The molecule has 1 unspecified atom stereocenters. The molecule has 0 fully saturated rings. The number of aliphatic hydroxyl groups excluding tert-OH is 1. The average molecular weight is 412 g/mol. The summed E-state index contributed by atoms with van der Waals surface area (Å²) in [5, 5.41) is 17.5. The highest BCUT2D eigenvalue weighted by Gasteiger charge is 2.18. The van der Waals surface area contributed by atoms with Gasteiger partial charge < -0.3 is 19.7 Å². The summed E-state index contributed by atoms with van der Waals surface area (Å²) >= 11 is 0. The third-order valence-corrected chi connectivity index (χ3v) is 4.31. The summed E-state index contributed by atoms with van der Waals surface area (Å²) in [6, 6.07) is 8.96. The Bertz CT molecular complexity index is 935. The molecule has 3 aromatic rings. The zero-order valence-corrected chi connectivity index (χ0v) is 18.1. The van der Waals surface area contributed by atoms with E-state index in [-0.39, 0.29) is 12.5 Å². The number of ether oxygens (including phenoxy) is 1. The predicted octanol–water partition coefficient (Wildman–Crippen LogP) is 3.98. The molecule has 0 aliphatic rings. The fourth-order valence-electron chi connectivity index (χ4n) is 3.03. The minimum absolute atomic E-state index is 0.110.